The number of ether oxygens (including phenoxy) is 1. The number of amides is 1. The van der Waals surface area contributed by atoms with E-state index in [1.165, 1.54) is 0 Å². The number of β-amino-alcohol motifs (C(OH)–C–C–N with tert-alkyl or cyclic N) is 1. The minimum atomic E-state index is -0.758. The average Bonchev–Trinajstić information content (AvgIpc) is 2.40. The highest BCUT2D eigenvalue weighted by Crippen LogP contribution is 2.21. The molecule has 5 heteroatoms. The van der Waals surface area contributed by atoms with Gasteiger partial charge in [0.1, 0.15) is 5.75 Å². The van der Waals surface area contributed by atoms with Crippen LogP contribution in [0.5, 0.6) is 5.75 Å². The fourth-order valence-corrected chi connectivity index (χ4v) is 2.41. The van der Waals surface area contributed by atoms with Crippen molar-refractivity contribution in [3.8, 4) is 5.75 Å². The largest absolute Gasteiger partial charge is 0.493 e. The van der Waals surface area contributed by atoms with Gasteiger partial charge in [0.15, 0.2) is 0 Å². The molecule has 0 aliphatic carbocycles. The summed E-state index contributed by atoms with van der Waals surface area (Å²) < 4.78 is 5.51. The number of nitrogens with two attached hydrogens (primary N) is 1. The molecule has 1 heterocycles. The Morgan fingerprint density at radius 2 is 2.15 bits per heavy atom. The maximum Gasteiger partial charge on any atom is 0.226 e. The third-order valence-corrected chi connectivity index (χ3v) is 3.49. The van der Waals surface area contributed by atoms with Gasteiger partial charge in [-0.1, -0.05) is 0 Å². The summed E-state index contributed by atoms with van der Waals surface area (Å²) >= 11 is 0. The first-order valence-electron chi connectivity index (χ1n) is 6.95. The molecule has 0 saturated carbocycles. The number of nitrogens with zero attached hydrogens (tertiary/aromatic N) is 1. The number of carbonyl (C=O) groups excluding carboxylic acids is 1. The van der Waals surface area contributed by atoms with Crippen LogP contribution in [0.1, 0.15) is 26.2 Å². The molecule has 1 saturated heterocycles. The second-order valence-electron chi connectivity index (χ2n) is 5.58. The first kappa shape index (κ1) is 14.7. The lowest BCUT2D eigenvalue weighted by Crippen LogP contribution is -2.48. The van der Waals surface area contributed by atoms with Crippen LogP contribution in [0.4, 0.5) is 5.69 Å². The molecule has 3 N–H and O–H groups in total. The molecule has 0 radical (unpaired) electrons. The lowest BCUT2D eigenvalue weighted by Gasteiger charge is -2.36. The summed E-state index contributed by atoms with van der Waals surface area (Å²) in [4.78, 5) is 13.8. The van der Waals surface area contributed by atoms with Crippen molar-refractivity contribution in [3.63, 3.8) is 0 Å². The highest BCUT2D eigenvalue weighted by atomic mass is 16.5. The van der Waals surface area contributed by atoms with Crippen LogP contribution < -0.4 is 10.5 Å². The zero-order valence-corrected chi connectivity index (χ0v) is 11.8. The van der Waals surface area contributed by atoms with Crippen LogP contribution in [0.3, 0.4) is 0 Å². The Bertz CT molecular complexity index is 457. The molecule has 20 heavy (non-hydrogen) atoms. The molecule has 5 nitrogen and oxygen atoms in total. The minimum absolute atomic E-state index is 0.0282. The molecule has 2 rings (SSSR count). The number of hydrogen-bond donors (Lipinski definition) is 2. The van der Waals surface area contributed by atoms with Crippen LogP contribution in [0.2, 0.25) is 0 Å². The molecule has 1 aliphatic heterocycles. The number of hydrogen-bond acceptors (Lipinski definition) is 4. The molecule has 1 amide bonds. The van der Waals surface area contributed by atoms with Crippen LogP contribution in [0.15, 0.2) is 24.3 Å². The van der Waals surface area contributed by atoms with Crippen LogP contribution in [0, 0.1) is 0 Å². The Kier molecular flexibility index (Phi) is 4.49. The van der Waals surface area contributed by atoms with E-state index in [-0.39, 0.29) is 5.91 Å². The number of carbonyl (C=O) groups is 1. The highest BCUT2D eigenvalue weighted by molar-refractivity contribution is 5.76. The van der Waals surface area contributed by atoms with E-state index in [0.717, 1.165) is 19.4 Å². The summed E-state index contributed by atoms with van der Waals surface area (Å²) in [5.74, 6) is 0.734. The Hall–Kier alpha value is -1.75. The first-order chi connectivity index (χ1) is 9.46. The summed E-state index contributed by atoms with van der Waals surface area (Å²) in [7, 11) is 0. The molecular formula is C15H22N2O3. The normalized spacial score (nSPS) is 22.6. The molecule has 1 aliphatic rings. The first-order valence-corrected chi connectivity index (χ1v) is 6.95. The van der Waals surface area contributed by atoms with Gasteiger partial charge < -0.3 is 20.5 Å². The van der Waals surface area contributed by atoms with Gasteiger partial charge in [-0.3, -0.25) is 4.79 Å². The quantitative estimate of drug-likeness (QED) is 0.817. The summed E-state index contributed by atoms with van der Waals surface area (Å²) in [6.45, 7) is 3.24. The molecule has 1 fully saturated rings. The number of anilines is 1. The lowest BCUT2D eigenvalue weighted by atomic mass is 9.95. The average molecular weight is 278 g/mol. The zero-order chi connectivity index (χ0) is 14.6. The van der Waals surface area contributed by atoms with Crippen LogP contribution in [-0.2, 0) is 4.79 Å². The van der Waals surface area contributed by atoms with Crippen molar-refractivity contribution in [1.29, 1.82) is 0 Å². The van der Waals surface area contributed by atoms with Crippen LogP contribution >= 0.6 is 0 Å². The number of likely N-dealkylation sites (tertiary alicyclic amines) is 1. The van der Waals surface area contributed by atoms with Crippen molar-refractivity contribution < 1.29 is 14.6 Å². The SMILES string of the molecule is CC1(O)CCCN(C(=O)CCOc2ccc(N)cc2)C1. The van der Waals surface area contributed by atoms with Crippen molar-refractivity contribution in [3.05, 3.63) is 24.3 Å². The van der Waals surface area contributed by atoms with Gasteiger partial charge in [-0.25, -0.2) is 0 Å². The van der Waals surface area contributed by atoms with Crippen molar-refractivity contribution in [2.45, 2.75) is 31.8 Å². The van der Waals surface area contributed by atoms with E-state index in [0.29, 0.717) is 31.0 Å². The van der Waals surface area contributed by atoms with Gasteiger partial charge in [0, 0.05) is 18.8 Å². The van der Waals surface area contributed by atoms with Gasteiger partial charge in [0.05, 0.1) is 18.6 Å². The van der Waals surface area contributed by atoms with E-state index in [2.05, 4.69) is 0 Å². The van der Waals surface area contributed by atoms with Crippen molar-refractivity contribution in [2.75, 3.05) is 25.4 Å². The molecular weight excluding hydrogens is 256 g/mol. The summed E-state index contributed by atoms with van der Waals surface area (Å²) in [6, 6.07) is 7.09. The maximum atomic E-state index is 12.0. The van der Waals surface area contributed by atoms with E-state index >= 15 is 0 Å². The van der Waals surface area contributed by atoms with Crippen LogP contribution in [-0.4, -0.2) is 41.2 Å². The Balaban J connectivity index is 1.76. The second-order valence-corrected chi connectivity index (χ2v) is 5.58. The zero-order valence-electron chi connectivity index (χ0n) is 11.8. The number of rotatable bonds is 4. The smallest absolute Gasteiger partial charge is 0.226 e. The molecule has 0 bridgehead atoms. The third kappa shape index (κ3) is 4.13. The number of nitrogen functional groups attached to an aromatic ring is 1. The fraction of sp³-hybridized carbons (Fsp3) is 0.533. The fourth-order valence-electron chi connectivity index (χ4n) is 2.41. The predicted molar refractivity (Wildman–Crippen MR) is 77.4 cm³/mol. The van der Waals surface area contributed by atoms with Gasteiger partial charge >= 0.3 is 0 Å². The summed E-state index contributed by atoms with van der Waals surface area (Å²) in [6.07, 6.45) is 1.91. The van der Waals surface area contributed by atoms with Gasteiger partial charge in [-0.15, -0.1) is 0 Å². The molecule has 110 valence electrons. The third-order valence-electron chi connectivity index (χ3n) is 3.49. The summed E-state index contributed by atoms with van der Waals surface area (Å²) in [5, 5.41) is 9.99. The Morgan fingerprint density at radius 3 is 2.80 bits per heavy atom. The lowest BCUT2D eigenvalue weighted by molar-refractivity contribution is -0.138. The molecule has 1 atom stereocenters. The Labute approximate surface area is 119 Å². The van der Waals surface area contributed by atoms with E-state index in [9.17, 15) is 9.90 Å². The van der Waals surface area contributed by atoms with E-state index in [1.54, 1.807) is 36.1 Å². The molecule has 1 aromatic carbocycles. The second kappa shape index (κ2) is 6.13. The van der Waals surface area contributed by atoms with Crippen molar-refractivity contribution >= 4 is 11.6 Å². The van der Waals surface area contributed by atoms with Gasteiger partial charge in [-0.05, 0) is 44.0 Å². The number of piperidine rings is 1. The maximum absolute atomic E-state index is 12.0. The number of benzene rings is 1. The minimum Gasteiger partial charge on any atom is -0.493 e. The van der Waals surface area contributed by atoms with E-state index < -0.39 is 5.60 Å². The predicted octanol–water partition coefficient (Wildman–Crippen LogP) is 1.41. The van der Waals surface area contributed by atoms with Gasteiger partial charge in [0.25, 0.3) is 0 Å². The molecule has 1 unspecified atom stereocenters. The van der Waals surface area contributed by atoms with Crippen LogP contribution in [0.25, 0.3) is 0 Å². The van der Waals surface area contributed by atoms with E-state index in [4.69, 9.17) is 10.5 Å². The number of aliphatic hydroxyl groups is 1. The van der Waals surface area contributed by atoms with Crippen molar-refractivity contribution in [1.82, 2.24) is 4.90 Å². The van der Waals surface area contributed by atoms with Crippen molar-refractivity contribution in [2.24, 2.45) is 0 Å². The molecule has 0 aromatic heterocycles. The van der Waals surface area contributed by atoms with E-state index in [1.807, 2.05) is 0 Å². The monoisotopic (exact) mass is 278 g/mol. The summed E-state index contributed by atoms with van der Waals surface area (Å²) in [5.41, 5.74) is 5.51. The van der Waals surface area contributed by atoms with Gasteiger partial charge in [-0.2, -0.15) is 0 Å². The molecule has 0 spiro atoms. The van der Waals surface area contributed by atoms with Gasteiger partial charge in [0.2, 0.25) is 5.91 Å². The topological polar surface area (TPSA) is 75.8 Å². The Morgan fingerprint density at radius 1 is 1.45 bits per heavy atom. The highest BCUT2D eigenvalue weighted by Gasteiger charge is 2.30. The standard InChI is InChI=1S/C15H22N2O3/c1-15(19)8-2-9-17(11-15)14(18)7-10-20-13-5-3-12(16)4-6-13/h3-6,19H,2,7-11,16H2,1H3. The molecule has 1 aromatic rings.